The van der Waals surface area contributed by atoms with Crippen molar-refractivity contribution in [2.45, 2.75) is 142 Å². The molecular formula is C37H54N2O2. The van der Waals surface area contributed by atoms with Crippen molar-refractivity contribution >= 4 is 11.8 Å². The van der Waals surface area contributed by atoms with E-state index < -0.39 is 5.41 Å². The molecule has 0 radical (unpaired) electrons. The average molecular weight is 559 g/mol. The molecule has 4 rings (SSSR count). The van der Waals surface area contributed by atoms with E-state index in [1.165, 1.54) is 11.1 Å². The van der Waals surface area contributed by atoms with Gasteiger partial charge in [-0.05, 0) is 76.3 Å². The van der Waals surface area contributed by atoms with Crippen LogP contribution in [0.4, 0.5) is 0 Å². The second-order valence-electron chi connectivity index (χ2n) is 12.9. The average Bonchev–Trinajstić information content (AvgIpc) is 3.59. The Hall–Kier alpha value is -2.62. The van der Waals surface area contributed by atoms with E-state index in [1.54, 1.807) is 0 Å². The van der Waals surface area contributed by atoms with Gasteiger partial charge in [-0.15, -0.1) is 0 Å². The summed E-state index contributed by atoms with van der Waals surface area (Å²) >= 11 is 0. The molecule has 4 heteroatoms. The first-order valence-electron chi connectivity index (χ1n) is 16.5. The number of ether oxygens (including phenoxy) is 2. The first kappa shape index (κ1) is 31.3. The largest absolute Gasteiger partial charge is 0.471 e. The highest BCUT2D eigenvalue weighted by Crippen LogP contribution is 2.51. The molecule has 2 heterocycles. The van der Waals surface area contributed by atoms with Gasteiger partial charge in [0.1, 0.15) is 28.7 Å². The smallest absolute Gasteiger partial charge is 0.200 e. The highest BCUT2D eigenvalue weighted by atomic mass is 16.5. The van der Waals surface area contributed by atoms with Crippen molar-refractivity contribution in [1.82, 2.24) is 0 Å². The molecule has 0 aliphatic carbocycles. The van der Waals surface area contributed by atoms with Crippen molar-refractivity contribution in [3.05, 3.63) is 71.8 Å². The predicted molar refractivity (Wildman–Crippen MR) is 173 cm³/mol. The number of rotatable bonds is 16. The van der Waals surface area contributed by atoms with Gasteiger partial charge in [0.2, 0.25) is 0 Å². The van der Waals surface area contributed by atoms with Gasteiger partial charge in [0.15, 0.2) is 11.8 Å². The van der Waals surface area contributed by atoms with Crippen molar-refractivity contribution < 1.29 is 9.47 Å². The van der Waals surface area contributed by atoms with Gasteiger partial charge in [0.05, 0.1) is 0 Å². The van der Waals surface area contributed by atoms with Crippen LogP contribution in [0.5, 0.6) is 0 Å². The van der Waals surface area contributed by atoms with Gasteiger partial charge in [0, 0.05) is 0 Å². The zero-order valence-corrected chi connectivity index (χ0v) is 26.6. The SMILES string of the molecule is CCCCC1(CCCC)OC(C(C)(C)C2=N[C@H](c3ccccc3)C(CCCC)(CCCC)O2)=N[C@@H]1c1ccccc1. The molecule has 224 valence electrons. The molecule has 2 aliphatic rings. The highest BCUT2D eigenvalue weighted by molar-refractivity contribution is 6.06. The molecule has 0 fully saturated rings. The van der Waals surface area contributed by atoms with Crippen LogP contribution < -0.4 is 0 Å². The molecule has 0 bridgehead atoms. The second-order valence-corrected chi connectivity index (χ2v) is 12.9. The lowest BCUT2D eigenvalue weighted by molar-refractivity contribution is 0.0151. The number of hydrogen-bond acceptors (Lipinski definition) is 4. The molecule has 0 saturated heterocycles. The molecule has 2 aromatic carbocycles. The van der Waals surface area contributed by atoms with Gasteiger partial charge in [0.25, 0.3) is 0 Å². The van der Waals surface area contributed by atoms with E-state index in [-0.39, 0.29) is 23.3 Å². The van der Waals surface area contributed by atoms with Crippen molar-refractivity contribution in [3.63, 3.8) is 0 Å². The number of nitrogens with zero attached hydrogens (tertiary/aromatic N) is 2. The van der Waals surface area contributed by atoms with Crippen LogP contribution in [0.2, 0.25) is 0 Å². The third-order valence-corrected chi connectivity index (χ3v) is 9.20. The van der Waals surface area contributed by atoms with E-state index in [9.17, 15) is 0 Å². The lowest BCUT2D eigenvalue weighted by Gasteiger charge is -2.37. The van der Waals surface area contributed by atoms with E-state index in [1.807, 2.05) is 0 Å². The molecule has 0 amide bonds. The Balaban J connectivity index is 1.76. The van der Waals surface area contributed by atoms with Crippen LogP contribution in [-0.2, 0) is 9.47 Å². The third-order valence-electron chi connectivity index (χ3n) is 9.20. The van der Waals surface area contributed by atoms with Crippen molar-refractivity contribution in [2.24, 2.45) is 15.4 Å². The Kier molecular flexibility index (Phi) is 10.7. The Labute approximate surface area is 250 Å². The summed E-state index contributed by atoms with van der Waals surface area (Å²) in [6, 6.07) is 21.5. The zero-order valence-electron chi connectivity index (χ0n) is 26.6. The summed E-state index contributed by atoms with van der Waals surface area (Å²) in [5, 5.41) is 0. The van der Waals surface area contributed by atoms with Gasteiger partial charge in [-0.3, -0.25) is 0 Å². The number of hydrogen-bond donors (Lipinski definition) is 0. The van der Waals surface area contributed by atoms with Crippen LogP contribution in [-0.4, -0.2) is 23.0 Å². The van der Waals surface area contributed by atoms with E-state index in [4.69, 9.17) is 19.5 Å². The Morgan fingerprint density at radius 3 is 1.17 bits per heavy atom. The van der Waals surface area contributed by atoms with Gasteiger partial charge < -0.3 is 9.47 Å². The fourth-order valence-electron chi connectivity index (χ4n) is 6.62. The molecule has 2 atom stereocenters. The molecule has 0 spiro atoms. The van der Waals surface area contributed by atoms with Crippen LogP contribution in [0.15, 0.2) is 70.6 Å². The molecule has 4 nitrogen and oxygen atoms in total. The van der Waals surface area contributed by atoms with Crippen molar-refractivity contribution in [3.8, 4) is 0 Å². The summed E-state index contributed by atoms with van der Waals surface area (Å²) in [6.45, 7) is 13.5. The van der Waals surface area contributed by atoms with Crippen molar-refractivity contribution in [1.29, 1.82) is 0 Å². The quantitative estimate of drug-likeness (QED) is 0.206. The molecule has 0 aromatic heterocycles. The minimum Gasteiger partial charge on any atom is -0.471 e. The topological polar surface area (TPSA) is 43.2 Å². The van der Waals surface area contributed by atoms with Crippen molar-refractivity contribution in [2.75, 3.05) is 0 Å². The summed E-state index contributed by atoms with van der Waals surface area (Å²) < 4.78 is 14.3. The molecule has 0 N–H and O–H groups in total. The molecule has 0 unspecified atom stereocenters. The number of unbranched alkanes of at least 4 members (excludes halogenated alkanes) is 4. The second kappa shape index (κ2) is 14.0. The third kappa shape index (κ3) is 6.73. The molecule has 2 aliphatic heterocycles. The number of aliphatic imine (C=N–C) groups is 2. The fraction of sp³-hybridized carbons (Fsp3) is 0.622. The maximum Gasteiger partial charge on any atom is 0.200 e. The zero-order chi connectivity index (χ0) is 29.3. The fourth-order valence-corrected chi connectivity index (χ4v) is 6.62. The molecule has 2 aromatic rings. The maximum absolute atomic E-state index is 7.16. The molecular weight excluding hydrogens is 504 g/mol. The Morgan fingerprint density at radius 2 is 0.878 bits per heavy atom. The normalized spacial score (nSPS) is 21.2. The summed E-state index contributed by atoms with van der Waals surface area (Å²) in [4.78, 5) is 10.9. The standard InChI is InChI=1S/C37H54N2O2/c1-7-11-25-36(26-12-8-2)31(29-21-17-15-18-22-29)38-33(40-36)35(5,6)34-39-32(30-23-19-16-20-24-30)37(41-34,27-13-9-3)28-14-10-4/h15-24,31-32H,7-14,25-28H2,1-6H3/t31-,32-/m1/s1. The van der Waals surface area contributed by atoms with Gasteiger partial charge in [-0.2, -0.15) is 0 Å². The number of benzene rings is 2. The van der Waals surface area contributed by atoms with Gasteiger partial charge >= 0.3 is 0 Å². The summed E-state index contributed by atoms with van der Waals surface area (Å²) in [5.74, 6) is 1.57. The lowest BCUT2D eigenvalue weighted by Crippen LogP contribution is -2.43. The van der Waals surface area contributed by atoms with Crippen LogP contribution in [0.3, 0.4) is 0 Å². The summed E-state index contributed by atoms with van der Waals surface area (Å²) in [6.07, 6.45) is 13.1. The monoisotopic (exact) mass is 558 g/mol. The highest BCUT2D eigenvalue weighted by Gasteiger charge is 2.55. The molecule has 41 heavy (non-hydrogen) atoms. The Bertz CT molecular complexity index is 1030. The van der Waals surface area contributed by atoms with E-state index in [0.717, 1.165) is 88.8 Å². The van der Waals surface area contributed by atoms with E-state index in [2.05, 4.69) is 102 Å². The van der Waals surface area contributed by atoms with Crippen LogP contribution in [0.25, 0.3) is 0 Å². The van der Waals surface area contributed by atoms with Gasteiger partial charge in [-0.25, -0.2) is 9.98 Å². The summed E-state index contributed by atoms with van der Waals surface area (Å²) in [5.41, 5.74) is 1.24. The van der Waals surface area contributed by atoms with Crippen LogP contribution in [0.1, 0.15) is 142 Å². The minimum absolute atomic E-state index is 0.0204. The van der Waals surface area contributed by atoms with Crippen LogP contribution >= 0.6 is 0 Å². The lowest BCUT2D eigenvalue weighted by atomic mass is 9.81. The predicted octanol–water partition coefficient (Wildman–Crippen LogP) is 10.6. The van der Waals surface area contributed by atoms with Gasteiger partial charge in [-0.1, -0.05) is 114 Å². The maximum atomic E-state index is 7.16. The van der Waals surface area contributed by atoms with E-state index in [0.29, 0.717) is 0 Å². The first-order valence-corrected chi connectivity index (χ1v) is 16.5. The molecule has 0 saturated carbocycles. The van der Waals surface area contributed by atoms with Crippen LogP contribution in [0, 0.1) is 5.41 Å². The first-order chi connectivity index (χ1) is 19.9. The Morgan fingerprint density at radius 1 is 0.561 bits per heavy atom. The summed E-state index contributed by atoms with van der Waals surface area (Å²) in [7, 11) is 0. The van der Waals surface area contributed by atoms with E-state index >= 15 is 0 Å². The minimum atomic E-state index is -0.569.